The fourth-order valence-electron chi connectivity index (χ4n) is 2.12. The molecule has 1 aromatic rings. The maximum absolute atomic E-state index is 12.0. The number of hydrazine groups is 1. The minimum atomic E-state index is -0.448. The van der Waals surface area contributed by atoms with Gasteiger partial charge in [-0.05, 0) is 45.0 Å². The van der Waals surface area contributed by atoms with Gasteiger partial charge < -0.3 is 9.64 Å². The normalized spacial score (nSPS) is 9.96. The van der Waals surface area contributed by atoms with Crippen LogP contribution >= 0.6 is 0 Å². The highest BCUT2D eigenvalue weighted by atomic mass is 16.5. The van der Waals surface area contributed by atoms with E-state index in [1.165, 1.54) is 0 Å². The minimum Gasteiger partial charge on any atom is -0.466 e. The topological polar surface area (TPSA) is 87.7 Å². The van der Waals surface area contributed by atoms with Crippen LogP contribution in [0.3, 0.4) is 0 Å². The van der Waals surface area contributed by atoms with E-state index < -0.39 is 17.8 Å². The molecular formula is C17H25N3O4. The van der Waals surface area contributed by atoms with Crippen LogP contribution in [-0.4, -0.2) is 37.5 Å². The van der Waals surface area contributed by atoms with Crippen LogP contribution in [0.15, 0.2) is 24.3 Å². The van der Waals surface area contributed by atoms with Crippen molar-refractivity contribution in [2.75, 3.05) is 24.6 Å². The molecule has 0 spiro atoms. The third-order valence-corrected chi connectivity index (χ3v) is 3.44. The van der Waals surface area contributed by atoms with Gasteiger partial charge in [-0.2, -0.15) is 0 Å². The van der Waals surface area contributed by atoms with E-state index in [0.717, 1.165) is 18.8 Å². The van der Waals surface area contributed by atoms with Gasteiger partial charge in [0.25, 0.3) is 5.91 Å². The van der Waals surface area contributed by atoms with Crippen LogP contribution in [0.4, 0.5) is 5.69 Å². The molecular weight excluding hydrogens is 310 g/mol. The Bertz CT molecular complexity index is 553. The zero-order chi connectivity index (χ0) is 17.9. The van der Waals surface area contributed by atoms with Gasteiger partial charge in [0.15, 0.2) is 0 Å². The summed E-state index contributed by atoms with van der Waals surface area (Å²) in [6.45, 7) is 7.88. The Hall–Kier alpha value is -2.57. The SMILES string of the molecule is CCOC(=O)CCC(=O)NNC(=O)c1ccc(N(CC)CC)cc1. The number of anilines is 1. The van der Waals surface area contributed by atoms with Crippen molar-refractivity contribution < 1.29 is 19.1 Å². The Kier molecular flexibility index (Phi) is 8.32. The number of esters is 1. The van der Waals surface area contributed by atoms with Crippen LogP contribution in [0.5, 0.6) is 0 Å². The summed E-state index contributed by atoms with van der Waals surface area (Å²) in [5, 5.41) is 0. The molecule has 0 aromatic heterocycles. The van der Waals surface area contributed by atoms with Gasteiger partial charge >= 0.3 is 5.97 Å². The Morgan fingerprint density at radius 1 is 0.958 bits per heavy atom. The smallest absolute Gasteiger partial charge is 0.306 e. The van der Waals surface area contributed by atoms with Crippen molar-refractivity contribution in [2.24, 2.45) is 0 Å². The number of carbonyl (C=O) groups is 3. The molecule has 0 unspecified atom stereocenters. The van der Waals surface area contributed by atoms with Crippen LogP contribution in [0.2, 0.25) is 0 Å². The molecule has 2 N–H and O–H groups in total. The van der Waals surface area contributed by atoms with E-state index >= 15 is 0 Å². The summed E-state index contributed by atoms with van der Waals surface area (Å²) in [6.07, 6.45) is -0.0614. The fourth-order valence-corrected chi connectivity index (χ4v) is 2.12. The number of hydrogen-bond donors (Lipinski definition) is 2. The van der Waals surface area contributed by atoms with Crippen molar-refractivity contribution in [2.45, 2.75) is 33.6 Å². The van der Waals surface area contributed by atoms with Gasteiger partial charge in [-0.25, -0.2) is 0 Å². The Morgan fingerprint density at radius 2 is 1.58 bits per heavy atom. The van der Waals surface area contributed by atoms with Crippen LogP contribution < -0.4 is 15.8 Å². The number of ether oxygens (including phenoxy) is 1. The van der Waals surface area contributed by atoms with Gasteiger partial charge in [-0.1, -0.05) is 0 Å². The summed E-state index contributed by atoms with van der Waals surface area (Å²) in [6, 6.07) is 7.14. The van der Waals surface area contributed by atoms with Gasteiger partial charge in [0.1, 0.15) is 0 Å². The zero-order valence-corrected chi connectivity index (χ0v) is 14.4. The lowest BCUT2D eigenvalue weighted by Gasteiger charge is -2.21. The van der Waals surface area contributed by atoms with Crippen molar-refractivity contribution in [1.29, 1.82) is 0 Å². The van der Waals surface area contributed by atoms with Crippen LogP contribution in [-0.2, 0) is 14.3 Å². The van der Waals surface area contributed by atoms with E-state index in [0.29, 0.717) is 5.56 Å². The average Bonchev–Trinajstić information content (AvgIpc) is 2.59. The lowest BCUT2D eigenvalue weighted by Crippen LogP contribution is -2.41. The molecule has 7 nitrogen and oxygen atoms in total. The second-order valence-corrected chi connectivity index (χ2v) is 5.03. The molecule has 0 bridgehead atoms. The van der Waals surface area contributed by atoms with Crippen LogP contribution in [0.1, 0.15) is 44.0 Å². The molecule has 0 fully saturated rings. The number of benzene rings is 1. The second kappa shape index (κ2) is 10.3. The Morgan fingerprint density at radius 3 is 2.12 bits per heavy atom. The van der Waals surface area contributed by atoms with Crippen LogP contribution in [0.25, 0.3) is 0 Å². The van der Waals surface area contributed by atoms with Gasteiger partial charge in [-0.15, -0.1) is 0 Å². The van der Waals surface area contributed by atoms with E-state index in [1.807, 2.05) is 12.1 Å². The molecule has 2 amide bonds. The zero-order valence-electron chi connectivity index (χ0n) is 14.4. The first-order chi connectivity index (χ1) is 11.5. The first-order valence-electron chi connectivity index (χ1n) is 8.11. The predicted octanol–water partition coefficient (Wildman–Crippen LogP) is 1.64. The van der Waals surface area contributed by atoms with Gasteiger partial charge in [0, 0.05) is 30.8 Å². The lowest BCUT2D eigenvalue weighted by atomic mass is 10.2. The van der Waals surface area contributed by atoms with Crippen molar-refractivity contribution in [3.63, 3.8) is 0 Å². The predicted molar refractivity (Wildman–Crippen MR) is 91.5 cm³/mol. The molecule has 0 aliphatic carbocycles. The maximum Gasteiger partial charge on any atom is 0.306 e. The highest BCUT2D eigenvalue weighted by Crippen LogP contribution is 2.14. The molecule has 7 heteroatoms. The summed E-state index contributed by atoms with van der Waals surface area (Å²) in [4.78, 5) is 36.9. The first kappa shape index (κ1) is 19.5. The average molecular weight is 335 g/mol. The first-order valence-corrected chi connectivity index (χ1v) is 8.11. The molecule has 24 heavy (non-hydrogen) atoms. The fraction of sp³-hybridized carbons (Fsp3) is 0.471. The van der Waals surface area contributed by atoms with Gasteiger partial charge in [-0.3, -0.25) is 25.2 Å². The summed E-state index contributed by atoms with van der Waals surface area (Å²) >= 11 is 0. The quantitative estimate of drug-likeness (QED) is 0.557. The number of nitrogens with zero attached hydrogens (tertiary/aromatic N) is 1. The standard InChI is InChI=1S/C17H25N3O4/c1-4-20(5-2)14-9-7-13(8-10-14)17(23)19-18-15(21)11-12-16(22)24-6-3/h7-10H,4-6,11-12H2,1-3H3,(H,18,21)(H,19,23). The number of hydrogen-bond acceptors (Lipinski definition) is 5. The molecule has 0 aliphatic heterocycles. The lowest BCUT2D eigenvalue weighted by molar-refractivity contribution is -0.144. The summed E-state index contributed by atoms with van der Waals surface area (Å²) in [7, 11) is 0. The summed E-state index contributed by atoms with van der Waals surface area (Å²) in [5.74, 6) is -1.30. The van der Waals surface area contributed by atoms with Crippen molar-refractivity contribution >= 4 is 23.5 Å². The van der Waals surface area contributed by atoms with Gasteiger partial charge in [0.05, 0.1) is 13.0 Å². The number of nitrogens with one attached hydrogen (secondary N) is 2. The molecule has 0 atom stereocenters. The molecule has 0 saturated carbocycles. The largest absolute Gasteiger partial charge is 0.466 e. The Labute approximate surface area is 142 Å². The number of amides is 2. The van der Waals surface area contributed by atoms with E-state index in [2.05, 4.69) is 29.6 Å². The van der Waals surface area contributed by atoms with Crippen LogP contribution in [0, 0.1) is 0 Å². The molecule has 0 radical (unpaired) electrons. The second-order valence-electron chi connectivity index (χ2n) is 5.03. The van der Waals surface area contributed by atoms with Crippen molar-refractivity contribution in [1.82, 2.24) is 10.9 Å². The highest BCUT2D eigenvalue weighted by molar-refractivity contribution is 5.95. The highest BCUT2D eigenvalue weighted by Gasteiger charge is 2.10. The number of carbonyl (C=O) groups excluding carboxylic acids is 3. The number of rotatable bonds is 8. The van der Waals surface area contributed by atoms with E-state index in [4.69, 9.17) is 4.74 Å². The summed E-state index contributed by atoms with van der Waals surface area (Å²) < 4.78 is 4.73. The van der Waals surface area contributed by atoms with E-state index in [1.54, 1.807) is 19.1 Å². The van der Waals surface area contributed by atoms with Crippen molar-refractivity contribution in [3.8, 4) is 0 Å². The molecule has 0 aliphatic rings. The van der Waals surface area contributed by atoms with Crippen molar-refractivity contribution in [3.05, 3.63) is 29.8 Å². The molecule has 0 heterocycles. The Balaban J connectivity index is 2.45. The van der Waals surface area contributed by atoms with Gasteiger partial charge in [0.2, 0.25) is 5.91 Å². The molecule has 0 saturated heterocycles. The third kappa shape index (κ3) is 6.28. The summed E-state index contributed by atoms with van der Waals surface area (Å²) in [5.41, 5.74) is 6.09. The monoisotopic (exact) mass is 335 g/mol. The molecule has 1 rings (SSSR count). The maximum atomic E-state index is 12.0. The third-order valence-electron chi connectivity index (χ3n) is 3.44. The van der Waals surface area contributed by atoms with E-state index in [-0.39, 0.29) is 19.4 Å². The van der Waals surface area contributed by atoms with E-state index in [9.17, 15) is 14.4 Å². The molecule has 1 aromatic carbocycles. The minimum absolute atomic E-state index is 0.0197. The molecule has 132 valence electrons.